The molecule has 0 spiro atoms. The predicted octanol–water partition coefficient (Wildman–Crippen LogP) is -0.0658. The van der Waals surface area contributed by atoms with E-state index in [2.05, 4.69) is 47.5 Å². The molecular weight excluding hydrogens is 171 g/mol. The predicted molar refractivity (Wildman–Crippen MR) is 58.3 cm³/mol. The molecule has 0 aromatic carbocycles. The summed E-state index contributed by atoms with van der Waals surface area (Å²) in [6, 6.07) is 6.24. The first-order valence-corrected chi connectivity index (χ1v) is 4.85. The van der Waals surface area contributed by atoms with Gasteiger partial charge in [0.1, 0.15) is 5.59 Å². The fourth-order valence-corrected chi connectivity index (χ4v) is 1.45. The molecule has 0 atom stereocenters. The lowest BCUT2D eigenvalue weighted by molar-refractivity contribution is -0.677. The highest BCUT2D eigenvalue weighted by molar-refractivity contribution is 6.56. The zero-order valence-electron chi connectivity index (χ0n) is 8.06. The van der Waals surface area contributed by atoms with Gasteiger partial charge in [-0.2, -0.15) is 0 Å². The Morgan fingerprint density at radius 1 is 1.29 bits per heavy atom. The average Bonchev–Trinajstić information content (AvgIpc) is 2.25. The third-order valence-electron chi connectivity index (χ3n) is 2.18. The summed E-state index contributed by atoms with van der Waals surface area (Å²) in [5.74, 6) is 2.05. The lowest BCUT2D eigenvalue weighted by Gasteiger charge is -2.03. The quantitative estimate of drug-likeness (QED) is 0.441. The maximum absolute atomic E-state index is 3.23. The van der Waals surface area contributed by atoms with Crippen molar-refractivity contribution >= 4 is 12.9 Å². The molecule has 0 aliphatic carbocycles. The first-order chi connectivity index (χ1) is 6.97. The number of nitrogens with zero attached hydrogens (tertiary/aromatic N) is 1. The molecule has 1 radical (unpaired) electrons. The molecule has 1 aliphatic rings. The molecule has 0 amide bonds. The topological polar surface area (TPSA) is 15.9 Å². The van der Waals surface area contributed by atoms with E-state index in [1.165, 1.54) is 5.59 Å². The number of hydrogen-bond donors (Lipinski definition) is 1. The number of rotatable bonds is 0. The van der Waals surface area contributed by atoms with E-state index in [0.717, 1.165) is 13.1 Å². The van der Waals surface area contributed by atoms with Gasteiger partial charge in [-0.3, -0.25) is 0 Å². The lowest BCUT2D eigenvalue weighted by Crippen LogP contribution is -2.53. The van der Waals surface area contributed by atoms with E-state index in [9.17, 15) is 0 Å². The van der Waals surface area contributed by atoms with E-state index >= 15 is 0 Å². The molecule has 1 aromatic rings. The monoisotopic (exact) mass is 184 g/mol. The molecule has 2 nitrogen and oxygen atoms in total. The molecule has 2 rings (SSSR count). The number of fused-ring (bicyclic) bond motifs is 1. The minimum absolute atomic E-state index is 0.958. The van der Waals surface area contributed by atoms with Crippen molar-refractivity contribution in [3.63, 3.8) is 0 Å². The standard InChI is InChI=1S/C11H13BN2/c1-4-9-14-10-8-13-7-3-2-6-12-11(14)5-1/h1-7,9,13H,8,10H2/q+1/b6-2-,7-3-. The van der Waals surface area contributed by atoms with Crippen LogP contribution in [0, 0.1) is 0 Å². The van der Waals surface area contributed by atoms with E-state index in [0.29, 0.717) is 0 Å². The summed E-state index contributed by atoms with van der Waals surface area (Å²) >= 11 is 0. The summed E-state index contributed by atoms with van der Waals surface area (Å²) in [4.78, 5) is 0. The highest BCUT2D eigenvalue weighted by Crippen LogP contribution is 1.80. The molecule has 14 heavy (non-hydrogen) atoms. The lowest BCUT2D eigenvalue weighted by atomic mass is 9.73. The van der Waals surface area contributed by atoms with Gasteiger partial charge in [-0.15, -0.1) is 5.98 Å². The summed E-state index contributed by atoms with van der Waals surface area (Å²) in [7, 11) is 2.12. The largest absolute Gasteiger partial charge is 0.385 e. The van der Waals surface area contributed by atoms with Crippen LogP contribution in [0.4, 0.5) is 0 Å². The average molecular weight is 184 g/mol. The molecule has 0 saturated carbocycles. The van der Waals surface area contributed by atoms with Crippen molar-refractivity contribution in [2.75, 3.05) is 6.54 Å². The Morgan fingerprint density at radius 3 is 3.29 bits per heavy atom. The zero-order chi connectivity index (χ0) is 9.64. The van der Waals surface area contributed by atoms with Gasteiger partial charge in [-0.1, -0.05) is 12.1 Å². The second-order valence-corrected chi connectivity index (χ2v) is 3.18. The van der Waals surface area contributed by atoms with Gasteiger partial charge >= 0.3 is 0 Å². The minimum atomic E-state index is 0.958. The third-order valence-corrected chi connectivity index (χ3v) is 2.18. The fourth-order valence-electron chi connectivity index (χ4n) is 1.45. The highest BCUT2D eigenvalue weighted by Gasteiger charge is 2.07. The van der Waals surface area contributed by atoms with E-state index in [-0.39, 0.29) is 0 Å². The van der Waals surface area contributed by atoms with Crippen molar-refractivity contribution in [3.05, 3.63) is 48.7 Å². The van der Waals surface area contributed by atoms with Crippen LogP contribution in [0.2, 0.25) is 0 Å². The van der Waals surface area contributed by atoms with Crippen LogP contribution in [0.15, 0.2) is 48.7 Å². The Labute approximate surface area is 85.2 Å². The molecule has 1 aliphatic heterocycles. The maximum Gasteiger partial charge on any atom is 0.272 e. The van der Waals surface area contributed by atoms with Crippen molar-refractivity contribution in [3.8, 4) is 0 Å². The number of hydrogen-bond acceptors (Lipinski definition) is 1. The van der Waals surface area contributed by atoms with Crippen molar-refractivity contribution in [2.45, 2.75) is 6.54 Å². The first kappa shape index (κ1) is 9.07. The zero-order valence-corrected chi connectivity index (χ0v) is 8.06. The number of aromatic nitrogens is 1. The summed E-state index contributed by atoms with van der Waals surface area (Å²) in [5.41, 5.74) is 1.24. The van der Waals surface area contributed by atoms with E-state index in [4.69, 9.17) is 0 Å². The van der Waals surface area contributed by atoms with Crippen molar-refractivity contribution < 1.29 is 4.57 Å². The van der Waals surface area contributed by atoms with Crippen molar-refractivity contribution in [2.24, 2.45) is 0 Å². The van der Waals surface area contributed by atoms with Crippen LogP contribution in [0.1, 0.15) is 0 Å². The Balaban J connectivity index is 2.24. The summed E-state index contributed by atoms with van der Waals surface area (Å²) in [5, 5.41) is 3.23. The van der Waals surface area contributed by atoms with Gasteiger partial charge in [0.2, 0.25) is 0 Å². The molecule has 3 heteroatoms. The van der Waals surface area contributed by atoms with Crippen LogP contribution < -0.4 is 15.5 Å². The van der Waals surface area contributed by atoms with Crippen LogP contribution in [0.3, 0.4) is 0 Å². The Kier molecular flexibility index (Phi) is 3.01. The van der Waals surface area contributed by atoms with E-state index < -0.39 is 0 Å². The summed E-state index contributed by atoms with van der Waals surface area (Å²) in [6.07, 6.45) is 8.11. The van der Waals surface area contributed by atoms with Crippen LogP contribution in [-0.2, 0) is 6.54 Å². The molecular formula is C11H13BN2+. The van der Waals surface area contributed by atoms with Gasteiger partial charge < -0.3 is 5.32 Å². The molecule has 69 valence electrons. The Morgan fingerprint density at radius 2 is 2.29 bits per heavy atom. The SMILES string of the molecule is [B]1/C=C\C=C/NCC[n+]2ccccc21. The maximum atomic E-state index is 3.23. The van der Waals surface area contributed by atoms with Crippen LogP contribution in [-0.4, -0.2) is 13.8 Å². The van der Waals surface area contributed by atoms with E-state index in [1.807, 2.05) is 18.4 Å². The minimum Gasteiger partial charge on any atom is -0.385 e. The second kappa shape index (κ2) is 4.65. The van der Waals surface area contributed by atoms with E-state index in [1.54, 1.807) is 0 Å². The van der Waals surface area contributed by atoms with Gasteiger partial charge in [-0.25, -0.2) is 4.57 Å². The Hall–Kier alpha value is -1.51. The van der Waals surface area contributed by atoms with Crippen molar-refractivity contribution in [1.82, 2.24) is 5.32 Å². The van der Waals surface area contributed by atoms with Crippen LogP contribution in [0.5, 0.6) is 0 Å². The van der Waals surface area contributed by atoms with Crippen molar-refractivity contribution in [1.29, 1.82) is 0 Å². The molecule has 1 aromatic heterocycles. The highest BCUT2D eigenvalue weighted by atomic mass is 15.0. The first-order valence-electron chi connectivity index (χ1n) is 4.85. The molecule has 1 N–H and O–H groups in total. The molecule has 0 bridgehead atoms. The van der Waals surface area contributed by atoms with Gasteiger partial charge in [-0.05, 0) is 18.3 Å². The van der Waals surface area contributed by atoms with Gasteiger partial charge in [0.25, 0.3) is 7.28 Å². The molecule has 0 fully saturated rings. The summed E-state index contributed by atoms with van der Waals surface area (Å²) < 4.78 is 2.23. The van der Waals surface area contributed by atoms with Gasteiger partial charge in [0, 0.05) is 6.07 Å². The number of nitrogens with one attached hydrogen (secondary N) is 1. The van der Waals surface area contributed by atoms with Crippen LogP contribution in [0.25, 0.3) is 0 Å². The summed E-state index contributed by atoms with van der Waals surface area (Å²) in [6.45, 7) is 1.95. The van der Waals surface area contributed by atoms with Gasteiger partial charge in [0.05, 0.1) is 6.54 Å². The second-order valence-electron chi connectivity index (χ2n) is 3.18. The fraction of sp³-hybridized carbons (Fsp3) is 0.182. The number of allylic oxidation sites excluding steroid dienone is 2. The molecule has 0 unspecified atom stereocenters. The number of pyridine rings is 1. The normalized spacial score (nSPS) is 19.7. The smallest absolute Gasteiger partial charge is 0.272 e. The van der Waals surface area contributed by atoms with Crippen LogP contribution >= 0.6 is 0 Å². The molecule has 0 saturated heterocycles. The molecule has 2 heterocycles. The Bertz CT molecular complexity index is 358. The van der Waals surface area contributed by atoms with Gasteiger partial charge in [0.15, 0.2) is 12.7 Å². The third kappa shape index (κ3) is 2.25.